The molecule has 0 spiro atoms. The van der Waals surface area contributed by atoms with Gasteiger partial charge in [0.15, 0.2) is 23.0 Å². The molecule has 0 saturated carbocycles. The van der Waals surface area contributed by atoms with Gasteiger partial charge in [0.1, 0.15) is 25.6 Å². The zero-order valence-corrected chi connectivity index (χ0v) is 17.2. The summed E-state index contributed by atoms with van der Waals surface area (Å²) in [6.45, 7) is 1.70. The van der Waals surface area contributed by atoms with E-state index < -0.39 is 5.82 Å². The first-order valence-corrected chi connectivity index (χ1v) is 9.88. The van der Waals surface area contributed by atoms with Gasteiger partial charge < -0.3 is 24.3 Å². The normalized spacial score (nSPS) is 12.4. The van der Waals surface area contributed by atoms with Crippen molar-refractivity contribution in [2.75, 3.05) is 25.6 Å². The van der Waals surface area contributed by atoms with Gasteiger partial charge in [-0.25, -0.2) is 4.39 Å². The third-order valence-corrected chi connectivity index (χ3v) is 5.05. The summed E-state index contributed by atoms with van der Waals surface area (Å²) < 4.78 is 36.3. The van der Waals surface area contributed by atoms with Gasteiger partial charge in [-0.2, -0.15) is 0 Å². The van der Waals surface area contributed by atoms with E-state index in [0.29, 0.717) is 41.8 Å². The van der Waals surface area contributed by atoms with E-state index in [4.69, 9.17) is 30.5 Å². The van der Waals surface area contributed by atoms with E-state index >= 15 is 0 Å². The Morgan fingerprint density at radius 3 is 2.63 bits per heavy atom. The zero-order chi connectivity index (χ0) is 20.9. The quantitative estimate of drug-likeness (QED) is 0.541. The Labute approximate surface area is 179 Å². The Balaban J connectivity index is 1.42. The van der Waals surface area contributed by atoms with Crippen LogP contribution in [0.2, 0.25) is 5.02 Å². The van der Waals surface area contributed by atoms with Gasteiger partial charge in [0.25, 0.3) is 0 Å². The maximum atomic E-state index is 13.9. The van der Waals surface area contributed by atoms with Gasteiger partial charge in [0, 0.05) is 23.9 Å². The third kappa shape index (κ3) is 4.54. The van der Waals surface area contributed by atoms with Crippen molar-refractivity contribution in [3.63, 3.8) is 0 Å². The van der Waals surface area contributed by atoms with Gasteiger partial charge in [0.2, 0.25) is 0 Å². The summed E-state index contributed by atoms with van der Waals surface area (Å²) in [7, 11) is 1.57. The van der Waals surface area contributed by atoms with E-state index in [2.05, 4.69) is 5.32 Å². The first-order valence-electron chi connectivity index (χ1n) is 9.50. The Morgan fingerprint density at radius 2 is 1.83 bits per heavy atom. The van der Waals surface area contributed by atoms with Crippen molar-refractivity contribution in [1.82, 2.24) is 0 Å². The number of ether oxygens (including phenoxy) is 4. The summed E-state index contributed by atoms with van der Waals surface area (Å²) in [6.07, 6.45) is 0. The minimum absolute atomic E-state index is 0.0106. The molecule has 156 valence electrons. The maximum Gasteiger partial charge on any atom is 0.163 e. The highest BCUT2D eigenvalue weighted by Gasteiger charge is 2.13. The molecule has 1 heterocycles. The summed E-state index contributed by atoms with van der Waals surface area (Å²) >= 11 is 6.06. The van der Waals surface area contributed by atoms with E-state index in [0.717, 1.165) is 22.7 Å². The van der Waals surface area contributed by atoms with Gasteiger partial charge in [-0.3, -0.25) is 0 Å². The minimum atomic E-state index is -0.401. The van der Waals surface area contributed by atoms with Crippen molar-refractivity contribution in [3.05, 3.63) is 76.6 Å². The number of halogens is 2. The second-order valence-corrected chi connectivity index (χ2v) is 7.09. The molecule has 0 amide bonds. The van der Waals surface area contributed by atoms with Crippen molar-refractivity contribution >= 4 is 17.3 Å². The fourth-order valence-electron chi connectivity index (χ4n) is 3.12. The number of methoxy groups -OCH3 is 1. The molecule has 0 bridgehead atoms. The molecule has 3 aromatic carbocycles. The summed E-state index contributed by atoms with van der Waals surface area (Å²) in [4.78, 5) is 0. The Morgan fingerprint density at radius 1 is 1.00 bits per heavy atom. The fraction of sp³-hybridized carbons (Fsp3) is 0.217. The molecule has 4 rings (SSSR count). The van der Waals surface area contributed by atoms with Gasteiger partial charge in [-0.15, -0.1) is 0 Å². The van der Waals surface area contributed by atoms with Crippen molar-refractivity contribution in [2.24, 2.45) is 0 Å². The molecule has 0 atom stereocenters. The topological polar surface area (TPSA) is 49.0 Å². The van der Waals surface area contributed by atoms with Crippen LogP contribution in [0.25, 0.3) is 0 Å². The molecule has 0 unspecified atom stereocenters. The highest BCUT2D eigenvalue weighted by molar-refractivity contribution is 6.31. The second-order valence-electron chi connectivity index (χ2n) is 6.69. The fourth-order valence-corrected chi connectivity index (χ4v) is 3.34. The van der Waals surface area contributed by atoms with Crippen LogP contribution in [0, 0.1) is 5.82 Å². The largest absolute Gasteiger partial charge is 0.493 e. The number of fused-ring (bicyclic) bond motifs is 1. The van der Waals surface area contributed by atoms with Crippen LogP contribution in [0.15, 0.2) is 54.6 Å². The molecular formula is C23H21ClFNO4. The average Bonchev–Trinajstić information content (AvgIpc) is 2.77. The summed E-state index contributed by atoms with van der Waals surface area (Å²) in [5, 5.41) is 3.68. The Kier molecular flexibility index (Phi) is 6.14. The van der Waals surface area contributed by atoms with E-state index in [1.165, 1.54) is 6.07 Å². The van der Waals surface area contributed by atoms with Crippen molar-refractivity contribution in [3.8, 4) is 23.0 Å². The van der Waals surface area contributed by atoms with Crippen LogP contribution in [-0.4, -0.2) is 20.3 Å². The van der Waals surface area contributed by atoms with E-state index in [1.807, 2.05) is 30.3 Å². The number of hydrogen-bond donors (Lipinski definition) is 1. The van der Waals surface area contributed by atoms with Crippen LogP contribution >= 0.6 is 11.6 Å². The number of hydrogen-bond acceptors (Lipinski definition) is 5. The maximum absolute atomic E-state index is 13.9. The Bertz CT molecular complexity index is 1020. The molecule has 3 aromatic rings. The molecule has 0 aliphatic carbocycles. The van der Waals surface area contributed by atoms with E-state index in [9.17, 15) is 4.39 Å². The van der Waals surface area contributed by atoms with Crippen LogP contribution in [0.1, 0.15) is 11.1 Å². The third-order valence-electron chi connectivity index (χ3n) is 4.70. The first kappa shape index (κ1) is 20.2. The summed E-state index contributed by atoms with van der Waals surface area (Å²) in [6, 6.07) is 15.9. The van der Waals surface area contributed by atoms with Crippen LogP contribution in [-0.2, 0) is 13.2 Å². The monoisotopic (exact) mass is 429 g/mol. The SMILES string of the molecule is COc1cc(CNc2ccc3c(c2)OCCO3)ccc1OCc1c(F)cccc1Cl. The number of rotatable bonds is 7. The molecule has 1 aliphatic rings. The molecule has 0 aromatic heterocycles. The van der Waals surface area contributed by atoms with Crippen LogP contribution < -0.4 is 24.3 Å². The molecule has 7 heteroatoms. The lowest BCUT2D eigenvalue weighted by atomic mass is 10.2. The van der Waals surface area contributed by atoms with Gasteiger partial charge in [0.05, 0.1) is 12.1 Å². The lowest BCUT2D eigenvalue weighted by Gasteiger charge is -2.19. The standard InChI is InChI=1S/C23H21ClFNO4/c1-27-22-11-15(13-26-16-6-8-21-23(12-16)29-10-9-28-21)5-7-20(22)30-14-17-18(24)3-2-4-19(17)25/h2-8,11-12,26H,9-10,13-14H2,1H3. The van der Waals surface area contributed by atoms with Gasteiger partial charge >= 0.3 is 0 Å². The lowest BCUT2D eigenvalue weighted by Crippen LogP contribution is -2.15. The van der Waals surface area contributed by atoms with E-state index in [-0.39, 0.29) is 6.61 Å². The first-order chi connectivity index (χ1) is 14.6. The number of anilines is 1. The van der Waals surface area contributed by atoms with Crippen molar-refractivity contribution in [1.29, 1.82) is 0 Å². The predicted octanol–water partition coefficient (Wildman–Crippen LogP) is 5.45. The molecule has 0 fully saturated rings. The van der Waals surface area contributed by atoms with Gasteiger partial charge in [-0.1, -0.05) is 23.7 Å². The lowest BCUT2D eigenvalue weighted by molar-refractivity contribution is 0.171. The highest BCUT2D eigenvalue weighted by Crippen LogP contribution is 2.33. The Hall–Kier alpha value is -3.12. The molecule has 5 nitrogen and oxygen atoms in total. The molecule has 0 saturated heterocycles. The molecule has 1 N–H and O–H groups in total. The average molecular weight is 430 g/mol. The van der Waals surface area contributed by atoms with Crippen molar-refractivity contribution in [2.45, 2.75) is 13.2 Å². The number of nitrogens with one attached hydrogen (secondary N) is 1. The van der Waals surface area contributed by atoms with Crippen LogP contribution in [0.4, 0.5) is 10.1 Å². The molecule has 0 radical (unpaired) electrons. The van der Waals surface area contributed by atoms with E-state index in [1.54, 1.807) is 25.3 Å². The van der Waals surface area contributed by atoms with Gasteiger partial charge in [-0.05, 0) is 42.0 Å². The number of benzene rings is 3. The molecule has 30 heavy (non-hydrogen) atoms. The summed E-state index contributed by atoms with van der Waals surface area (Å²) in [5.74, 6) is 2.16. The van der Waals surface area contributed by atoms with Crippen LogP contribution in [0.3, 0.4) is 0 Å². The van der Waals surface area contributed by atoms with Crippen molar-refractivity contribution < 1.29 is 23.3 Å². The summed E-state index contributed by atoms with van der Waals surface area (Å²) in [5.41, 5.74) is 2.23. The molecular weight excluding hydrogens is 409 g/mol. The smallest absolute Gasteiger partial charge is 0.163 e. The predicted molar refractivity (Wildman–Crippen MR) is 113 cm³/mol. The second kappa shape index (κ2) is 9.13. The zero-order valence-electron chi connectivity index (χ0n) is 16.4. The molecule has 1 aliphatic heterocycles. The van der Waals surface area contributed by atoms with Crippen LogP contribution in [0.5, 0.6) is 23.0 Å². The highest BCUT2D eigenvalue weighted by atomic mass is 35.5. The minimum Gasteiger partial charge on any atom is -0.493 e.